The maximum Gasteiger partial charge on any atom is 0.327 e. The van der Waals surface area contributed by atoms with Crippen LogP contribution in [-0.4, -0.2) is 56.4 Å². The van der Waals surface area contributed by atoms with E-state index in [0.717, 1.165) is 0 Å². The molecule has 1 aliphatic rings. The minimum atomic E-state index is -3.92. The first-order chi connectivity index (χ1) is 13.3. The van der Waals surface area contributed by atoms with E-state index in [9.17, 15) is 13.2 Å². The molecular formula is C21H29NO5S. The van der Waals surface area contributed by atoms with Gasteiger partial charge in [-0.2, -0.15) is 0 Å². The number of ether oxygens (including phenoxy) is 2. The molecule has 7 heteroatoms. The Morgan fingerprint density at radius 1 is 1.21 bits per heavy atom. The molecule has 28 heavy (non-hydrogen) atoms. The number of carbonyl (C=O) groups is 1. The van der Waals surface area contributed by atoms with Crippen LogP contribution in [0.4, 0.5) is 0 Å². The van der Waals surface area contributed by atoms with Crippen LogP contribution in [0.1, 0.15) is 40.5 Å². The molecule has 0 saturated carbocycles. The topological polar surface area (TPSA) is 72.9 Å². The van der Waals surface area contributed by atoms with Crippen LogP contribution < -0.4 is 4.74 Å². The van der Waals surface area contributed by atoms with E-state index in [1.54, 1.807) is 26.0 Å². The van der Waals surface area contributed by atoms with E-state index in [2.05, 4.69) is 30.6 Å². The summed E-state index contributed by atoms with van der Waals surface area (Å²) in [6, 6.07) is 6.45. The molecule has 1 saturated heterocycles. The van der Waals surface area contributed by atoms with Crippen LogP contribution in [0.3, 0.4) is 0 Å². The smallest absolute Gasteiger partial charge is 0.327 e. The number of likely N-dealkylation sites (tertiary alicyclic amines) is 1. The SMILES string of the molecule is CC#CCOc1ccc(S(=O)(=O)C2(C(=O)OCC)CCN(C(C)C)CC2)cc1. The molecule has 0 aliphatic carbocycles. The molecule has 0 spiro atoms. The third-order valence-electron chi connectivity index (χ3n) is 5.12. The minimum Gasteiger partial charge on any atom is -0.481 e. The van der Waals surface area contributed by atoms with Crippen molar-refractivity contribution in [1.29, 1.82) is 0 Å². The molecule has 1 heterocycles. The summed E-state index contributed by atoms with van der Waals surface area (Å²) in [6.45, 7) is 8.99. The van der Waals surface area contributed by atoms with Gasteiger partial charge in [-0.15, -0.1) is 5.92 Å². The summed E-state index contributed by atoms with van der Waals surface area (Å²) < 4.78 is 36.1. The number of rotatable bonds is 7. The van der Waals surface area contributed by atoms with Gasteiger partial charge in [-0.3, -0.25) is 4.79 Å². The van der Waals surface area contributed by atoms with Crippen molar-refractivity contribution in [3.63, 3.8) is 0 Å². The van der Waals surface area contributed by atoms with Gasteiger partial charge in [-0.05, 0) is 64.8 Å². The molecule has 1 aromatic carbocycles. The number of sulfone groups is 1. The van der Waals surface area contributed by atoms with E-state index in [1.165, 1.54) is 12.1 Å². The maximum atomic E-state index is 13.5. The van der Waals surface area contributed by atoms with Crippen molar-refractivity contribution >= 4 is 15.8 Å². The van der Waals surface area contributed by atoms with Gasteiger partial charge in [0.2, 0.25) is 0 Å². The van der Waals surface area contributed by atoms with Crippen LogP contribution in [0.2, 0.25) is 0 Å². The highest BCUT2D eigenvalue weighted by Gasteiger charge is 2.54. The number of hydrogen-bond donors (Lipinski definition) is 0. The van der Waals surface area contributed by atoms with Gasteiger partial charge >= 0.3 is 5.97 Å². The Bertz CT molecular complexity index is 826. The lowest BCUT2D eigenvalue weighted by Crippen LogP contribution is -2.56. The lowest BCUT2D eigenvalue weighted by Gasteiger charge is -2.40. The second-order valence-corrected chi connectivity index (χ2v) is 9.29. The Hall–Kier alpha value is -2.04. The second-order valence-electron chi connectivity index (χ2n) is 7.03. The highest BCUT2D eigenvalue weighted by atomic mass is 32.2. The number of benzene rings is 1. The van der Waals surface area contributed by atoms with Crippen LogP contribution >= 0.6 is 0 Å². The van der Waals surface area contributed by atoms with Crippen molar-refractivity contribution in [1.82, 2.24) is 4.90 Å². The molecule has 1 fully saturated rings. The molecule has 1 aromatic rings. The molecule has 154 valence electrons. The summed E-state index contributed by atoms with van der Waals surface area (Å²) >= 11 is 0. The van der Waals surface area contributed by atoms with E-state index in [4.69, 9.17) is 9.47 Å². The minimum absolute atomic E-state index is 0.104. The fourth-order valence-corrected chi connectivity index (χ4v) is 5.32. The summed E-state index contributed by atoms with van der Waals surface area (Å²) in [6.07, 6.45) is 0.438. The molecule has 0 bridgehead atoms. The van der Waals surface area contributed by atoms with Crippen LogP contribution in [0, 0.1) is 11.8 Å². The van der Waals surface area contributed by atoms with Crippen LogP contribution in [0.15, 0.2) is 29.2 Å². The van der Waals surface area contributed by atoms with Crippen molar-refractivity contribution in [2.75, 3.05) is 26.3 Å². The largest absolute Gasteiger partial charge is 0.481 e. The number of carbonyl (C=O) groups excluding carboxylic acids is 1. The normalized spacial score (nSPS) is 16.9. The zero-order chi connectivity index (χ0) is 20.8. The summed E-state index contributed by atoms with van der Waals surface area (Å²) in [5.41, 5.74) is 0. The third kappa shape index (κ3) is 4.50. The summed E-state index contributed by atoms with van der Waals surface area (Å²) in [5.74, 6) is 5.39. The first kappa shape index (κ1) is 22.3. The van der Waals surface area contributed by atoms with Crippen molar-refractivity contribution < 1.29 is 22.7 Å². The van der Waals surface area contributed by atoms with Gasteiger partial charge < -0.3 is 14.4 Å². The average molecular weight is 408 g/mol. The highest BCUT2D eigenvalue weighted by molar-refractivity contribution is 7.93. The van der Waals surface area contributed by atoms with Crippen molar-refractivity contribution in [2.45, 2.75) is 56.2 Å². The molecule has 6 nitrogen and oxygen atoms in total. The van der Waals surface area contributed by atoms with E-state index in [-0.39, 0.29) is 31.0 Å². The highest BCUT2D eigenvalue weighted by Crippen LogP contribution is 2.37. The van der Waals surface area contributed by atoms with Gasteiger partial charge in [0.15, 0.2) is 14.6 Å². The van der Waals surface area contributed by atoms with Gasteiger partial charge in [-0.25, -0.2) is 8.42 Å². The number of piperidine rings is 1. The Balaban J connectivity index is 2.33. The first-order valence-corrected chi connectivity index (χ1v) is 11.0. The number of esters is 1. The van der Waals surface area contributed by atoms with E-state index >= 15 is 0 Å². The van der Waals surface area contributed by atoms with Crippen molar-refractivity contribution in [3.8, 4) is 17.6 Å². The lowest BCUT2D eigenvalue weighted by molar-refractivity contribution is -0.147. The van der Waals surface area contributed by atoms with E-state index < -0.39 is 20.6 Å². The fourth-order valence-electron chi connectivity index (χ4n) is 3.38. The molecule has 0 amide bonds. The van der Waals surface area contributed by atoms with Crippen LogP contribution in [0.25, 0.3) is 0 Å². The zero-order valence-corrected chi connectivity index (χ0v) is 17.8. The monoisotopic (exact) mass is 407 g/mol. The predicted molar refractivity (Wildman–Crippen MR) is 108 cm³/mol. The first-order valence-electron chi connectivity index (χ1n) is 9.57. The Morgan fingerprint density at radius 2 is 1.82 bits per heavy atom. The predicted octanol–water partition coefficient (Wildman–Crippen LogP) is 2.67. The van der Waals surface area contributed by atoms with Crippen LogP contribution in [0.5, 0.6) is 5.75 Å². The van der Waals surface area contributed by atoms with Crippen LogP contribution in [-0.2, 0) is 19.4 Å². The van der Waals surface area contributed by atoms with E-state index in [0.29, 0.717) is 24.9 Å². The Labute approximate surface area is 168 Å². The standard InChI is InChI=1S/C21H29NO5S/c1-5-7-16-27-18-8-10-19(11-9-18)28(24,25)21(20(23)26-6-2)12-14-22(15-13-21)17(3)4/h8-11,17H,6,12-16H2,1-4H3. The molecule has 0 radical (unpaired) electrons. The van der Waals surface area contributed by atoms with Gasteiger partial charge in [0.25, 0.3) is 0 Å². The lowest BCUT2D eigenvalue weighted by atomic mass is 9.95. The fraction of sp³-hybridized carbons (Fsp3) is 0.571. The van der Waals surface area contributed by atoms with Crippen molar-refractivity contribution in [3.05, 3.63) is 24.3 Å². The maximum absolute atomic E-state index is 13.5. The second kappa shape index (κ2) is 9.44. The molecule has 0 aromatic heterocycles. The summed E-state index contributed by atoms with van der Waals surface area (Å²) in [4.78, 5) is 15.1. The molecule has 0 unspecified atom stereocenters. The zero-order valence-electron chi connectivity index (χ0n) is 17.0. The van der Waals surface area contributed by atoms with Gasteiger partial charge in [-0.1, -0.05) is 5.92 Å². The molecule has 0 N–H and O–H groups in total. The van der Waals surface area contributed by atoms with Gasteiger partial charge in [0, 0.05) is 19.1 Å². The van der Waals surface area contributed by atoms with Crippen molar-refractivity contribution in [2.24, 2.45) is 0 Å². The molecule has 2 rings (SSSR count). The summed E-state index contributed by atoms with van der Waals surface area (Å²) in [7, 11) is -3.92. The Kier molecular flexibility index (Phi) is 7.50. The summed E-state index contributed by atoms with van der Waals surface area (Å²) in [5, 5.41) is 0. The average Bonchev–Trinajstić information content (AvgIpc) is 2.68. The molecule has 1 aliphatic heterocycles. The quantitative estimate of drug-likeness (QED) is 0.511. The number of hydrogen-bond acceptors (Lipinski definition) is 6. The van der Waals surface area contributed by atoms with Gasteiger partial charge in [0.1, 0.15) is 12.4 Å². The molecular weight excluding hydrogens is 378 g/mol. The van der Waals surface area contributed by atoms with Gasteiger partial charge in [0.05, 0.1) is 11.5 Å². The number of nitrogens with zero attached hydrogens (tertiary/aromatic N) is 1. The van der Waals surface area contributed by atoms with E-state index in [1.807, 2.05) is 0 Å². The Morgan fingerprint density at radius 3 is 2.32 bits per heavy atom. The third-order valence-corrected chi connectivity index (χ3v) is 7.62. The molecule has 0 atom stereocenters.